The van der Waals surface area contributed by atoms with E-state index in [-0.39, 0.29) is 42.0 Å². The summed E-state index contributed by atoms with van der Waals surface area (Å²) in [6.45, 7) is 12.4. The first-order chi connectivity index (χ1) is 17.1. The van der Waals surface area contributed by atoms with Gasteiger partial charge in [0.2, 0.25) is 0 Å². The highest BCUT2D eigenvalue weighted by Gasteiger charge is 2.67. The molecule has 0 amide bonds. The third-order valence-corrected chi connectivity index (χ3v) is 9.40. The molecular weight excluding hydrogens is 478 g/mol. The van der Waals surface area contributed by atoms with Crippen molar-refractivity contribution in [1.82, 2.24) is 4.90 Å². The molecule has 2 saturated heterocycles. The lowest BCUT2D eigenvalue weighted by molar-refractivity contribution is -0.278. The van der Waals surface area contributed by atoms with E-state index in [1.807, 2.05) is 39.8 Å². The number of ketones is 2. The molecule has 212 valence electrons. The molecule has 2 aliphatic heterocycles. The number of hydrogen-bond acceptors (Lipinski definition) is 9. The van der Waals surface area contributed by atoms with E-state index >= 15 is 0 Å². The van der Waals surface area contributed by atoms with Gasteiger partial charge in [0.05, 0.1) is 18.3 Å². The van der Waals surface area contributed by atoms with Gasteiger partial charge in [-0.25, -0.2) is 0 Å². The SMILES string of the molecule is CCC(O)C1(C)OC(=O)C2(C)C(=O)C(C)C(OC3OC(C)CC(N(C)C)C3O)C(C)CC(C)C(=O)CC21. The highest BCUT2D eigenvalue weighted by atomic mass is 16.7. The van der Waals surface area contributed by atoms with Crippen LogP contribution in [0.4, 0.5) is 0 Å². The van der Waals surface area contributed by atoms with Gasteiger partial charge in [0.1, 0.15) is 22.9 Å². The standard InChI is InChI=1S/C28H47NO8/c1-10-21(31)28(7)20-13-19(30)14(2)11-15(3)23(17(5)24(33)27(20,6)26(34)37-28)36-25-22(32)18(29(8)9)12-16(4)35-25/h14-18,20-23,25,31-32H,10-13H2,1-9H3. The van der Waals surface area contributed by atoms with Crippen LogP contribution in [0.2, 0.25) is 0 Å². The van der Waals surface area contributed by atoms with Crippen LogP contribution < -0.4 is 0 Å². The number of likely N-dealkylation sites (N-methyl/N-ethyl adjacent to an activating group) is 1. The molecule has 0 aromatic heterocycles. The normalized spacial score (nSPS) is 46.5. The zero-order chi connectivity index (χ0) is 28.0. The molecule has 2 heterocycles. The Bertz CT molecular complexity index is 878. The molecule has 12 atom stereocenters. The number of carbonyl (C=O) groups excluding carboxylic acids is 3. The Kier molecular flexibility index (Phi) is 8.97. The number of aliphatic hydroxyl groups is 2. The van der Waals surface area contributed by atoms with Crippen LogP contribution in [0.1, 0.15) is 74.1 Å². The second kappa shape index (κ2) is 11.0. The first-order valence-electron chi connectivity index (χ1n) is 13.7. The first kappa shape index (κ1) is 30.2. The molecule has 9 heteroatoms. The van der Waals surface area contributed by atoms with E-state index in [0.29, 0.717) is 19.3 Å². The molecule has 0 spiro atoms. The van der Waals surface area contributed by atoms with Gasteiger partial charge >= 0.3 is 5.97 Å². The molecule has 1 aliphatic carbocycles. The Morgan fingerprint density at radius 1 is 1.11 bits per heavy atom. The van der Waals surface area contributed by atoms with Crippen molar-refractivity contribution in [2.75, 3.05) is 14.1 Å². The summed E-state index contributed by atoms with van der Waals surface area (Å²) in [4.78, 5) is 42.9. The lowest BCUT2D eigenvalue weighted by atomic mass is 9.61. The number of hydrogen-bond donors (Lipinski definition) is 2. The number of cyclic esters (lactones) is 1. The van der Waals surface area contributed by atoms with Crippen molar-refractivity contribution in [3.8, 4) is 0 Å². The molecule has 0 aromatic rings. The van der Waals surface area contributed by atoms with E-state index < -0.39 is 53.4 Å². The molecule has 9 nitrogen and oxygen atoms in total. The summed E-state index contributed by atoms with van der Waals surface area (Å²) in [5.41, 5.74) is -2.98. The smallest absolute Gasteiger partial charge is 0.320 e. The van der Waals surface area contributed by atoms with Gasteiger partial charge < -0.3 is 29.3 Å². The van der Waals surface area contributed by atoms with Crippen LogP contribution in [-0.4, -0.2) is 89.1 Å². The molecule has 12 unspecified atom stereocenters. The lowest BCUT2D eigenvalue weighted by Crippen LogP contribution is -2.57. The molecule has 2 N–H and O–H groups in total. The topological polar surface area (TPSA) is 123 Å². The molecule has 3 aliphatic rings. The molecule has 37 heavy (non-hydrogen) atoms. The lowest BCUT2D eigenvalue weighted by Gasteiger charge is -2.45. The zero-order valence-corrected chi connectivity index (χ0v) is 23.9. The van der Waals surface area contributed by atoms with Gasteiger partial charge in [0, 0.05) is 30.2 Å². The number of aliphatic hydroxyl groups excluding tert-OH is 2. The number of Topliss-reactive ketones (excluding diaryl/α,β-unsaturated/α-hetero) is 2. The molecule has 3 fully saturated rings. The minimum atomic E-state index is -1.62. The van der Waals surface area contributed by atoms with E-state index in [9.17, 15) is 24.6 Å². The number of ether oxygens (including phenoxy) is 3. The third kappa shape index (κ3) is 5.26. The maximum atomic E-state index is 14.2. The monoisotopic (exact) mass is 525 g/mol. The predicted molar refractivity (Wildman–Crippen MR) is 136 cm³/mol. The maximum absolute atomic E-state index is 14.2. The number of rotatable bonds is 5. The van der Waals surface area contributed by atoms with E-state index in [1.165, 1.54) is 0 Å². The summed E-state index contributed by atoms with van der Waals surface area (Å²) >= 11 is 0. The van der Waals surface area contributed by atoms with Gasteiger partial charge in [-0.3, -0.25) is 14.4 Å². The van der Waals surface area contributed by atoms with Crippen LogP contribution in [0.25, 0.3) is 0 Å². The van der Waals surface area contributed by atoms with Gasteiger partial charge in [-0.05, 0) is 60.0 Å². The zero-order valence-electron chi connectivity index (χ0n) is 23.9. The molecule has 0 radical (unpaired) electrons. The fourth-order valence-corrected chi connectivity index (χ4v) is 6.88. The van der Waals surface area contributed by atoms with Gasteiger partial charge in [0.25, 0.3) is 0 Å². The van der Waals surface area contributed by atoms with Crippen LogP contribution in [0.15, 0.2) is 0 Å². The van der Waals surface area contributed by atoms with Gasteiger partial charge in [-0.2, -0.15) is 0 Å². The average molecular weight is 526 g/mol. The van der Waals surface area contributed by atoms with Crippen LogP contribution in [0.3, 0.4) is 0 Å². The highest BCUT2D eigenvalue weighted by molar-refractivity contribution is 6.07. The van der Waals surface area contributed by atoms with Crippen molar-refractivity contribution in [2.45, 2.75) is 116 Å². The Morgan fingerprint density at radius 3 is 2.30 bits per heavy atom. The molecule has 0 aromatic carbocycles. The molecule has 3 rings (SSSR count). The summed E-state index contributed by atoms with van der Waals surface area (Å²) < 4.78 is 18.2. The van der Waals surface area contributed by atoms with Gasteiger partial charge in [-0.1, -0.05) is 27.7 Å². The Hall–Kier alpha value is -1.39. The Labute approximate surface area is 221 Å². The van der Waals surface area contributed by atoms with E-state index in [4.69, 9.17) is 14.2 Å². The fraction of sp³-hybridized carbons (Fsp3) is 0.893. The van der Waals surface area contributed by atoms with Crippen molar-refractivity contribution in [1.29, 1.82) is 0 Å². The van der Waals surface area contributed by atoms with Crippen LogP contribution >= 0.6 is 0 Å². The van der Waals surface area contributed by atoms with Gasteiger partial charge in [-0.15, -0.1) is 0 Å². The van der Waals surface area contributed by atoms with E-state index in [2.05, 4.69) is 0 Å². The minimum Gasteiger partial charge on any atom is -0.455 e. The second-order valence-corrected chi connectivity index (χ2v) is 12.4. The average Bonchev–Trinajstić information content (AvgIpc) is 3.03. The highest BCUT2D eigenvalue weighted by Crippen LogP contribution is 2.53. The van der Waals surface area contributed by atoms with Crippen LogP contribution in [-0.2, 0) is 28.6 Å². The van der Waals surface area contributed by atoms with Crippen molar-refractivity contribution >= 4 is 17.5 Å². The summed E-state index contributed by atoms with van der Waals surface area (Å²) in [6, 6.07) is -0.182. The number of fused-ring (bicyclic) bond motifs is 1. The van der Waals surface area contributed by atoms with Crippen molar-refractivity contribution < 1.29 is 38.8 Å². The third-order valence-electron chi connectivity index (χ3n) is 9.40. The molecular formula is C28H47NO8. The number of carbonyl (C=O) groups is 3. The molecule has 0 bridgehead atoms. The first-order valence-corrected chi connectivity index (χ1v) is 13.7. The Balaban J connectivity index is 2.03. The quantitative estimate of drug-likeness (QED) is 0.411. The number of nitrogens with zero attached hydrogens (tertiary/aromatic N) is 1. The van der Waals surface area contributed by atoms with Crippen molar-refractivity contribution in [3.05, 3.63) is 0 Å². The summed E-state index contributed by atoms with van der Waals surface area (Å²) in [5, 5.41) is 21.9. The second-order valence-electron chi connectivity index (χ2n) is 12.4. The largest absolute Gasteiger partial charge is 0.455 e. The van der Waals surface area contributed by atoms with Crippen LogP contribution in [0, 0.1) is 29.1 Å². The van der Waals surface area contributed by atoms with Crippen LogP contribution in [0.5, 0.6) is 0 Å². The maximum Gasteiger partial charge on any atom is 0.320 e. The fourth-order valence-electron chi connectivity index (χ4n) is 6.88. The van der Waals surface area contributed by atoms with Gasteiger partial charge in [0.15, 0.2) is 12.1 Å². The van der Waals surface area contributed by atoms with E-state index in [1.54, 1.807) is 27.7 Å². The Morgan fingerprint density at radius 2 is 1.73 bits per heavy atom. The minimum absolute atomic E-state index is 0.0276. The molecule has 1 saturated carbocycles. The predicted octanol–water partition coefficient (Wildman–Crippen LogP) is 2.35. The summed E-state index contributed by atoms with van der Waals surface area (Å²) in [6.07, 6.45) is -2.38. The summed E-state index contributed by atoms with van der Waals surface area (Å²) in [5.74, 6) is -3.31. The van der Waals surface area contributed by atoms with Crippen molar-refractivity contribution in [3.63, 3.8) is 0 Å². The van der Waals surface area contributed by atoms with Crippen molar-refractivity contribution in [2.24, 2.45) is 29.1 Å². The van der Waals surface area contributed by atoms with E-state index in [0.717, 1.165) is 0 Å². The summed E-state index contributed by atoms with van der Waals surface area (Å²) in [7, 11) is 3.78. The number of esters is 1.